The lowest BCUT2D eigenvalue weighted by Crippen LogP contribution is -2.31. The number of nitrogens with zero attached hydrogens (tertiary/aromatic N) is 3. The van der Waals surface area contributed by atoms with Gasteiger partial charge in [-0.1, -0.05) is 13.8 Å². The Bertz CT molecular complexity index is 432. The molecule has 5 heteroatoms. The molecule has 2 rings (SSSR count). The zero-order valence-electron chi connectivity index (χ0n) is 11.3. The maximum atomic E-state index is 12.1. The first-order chi connectivity index (χ1) is 8.67. The number of anilines is 1. The average Bonchev–Trinajstić information content (AvgIpc) is 2.97. The van der Waals surface area contributed by atoms with Gasteiger partial charge < -0.3 is 10.6 Å². The molecule has 0 unspecified atom stereocenters. The van der Waals surface area contributed by atoms with Crippen LogP contribution in [0.3, 0.4) is 0 Å². The normalized spacial score (nSPS) is 15.3. The molecule has 1 aliphatic rings. The Morgan fingerprint density at radius 3 is 2.50 bits per heavy atom. The van der Waals surface area contributed by atoms with E-state index in [9.17, 15) is 4.79 Å². The third kappa shape index (κ3) is 2.35. The van der Waals surface area contributed by atoms with Gasteiger partial charge in [-0.2, -0.15) is 5.10 Å². The van der Waals surface area contributed by atoms with E-state index in [0.29, 0.717) is 6.54 Å². The molecule has 0 bridgehead atoms. The summed E-state index contributed by atoms with van der Waals surface area (Å²) in [6.07, 6.45) is 3.86. The zero-order chi connectivity index (χ0) is 13.1. The molecular weight excluding hydrogens is 228 g/mol. The third-order valence-corrected chi connectivity index (χ3v) is 3.59. The van der Waals surface area contributed by atoms with Gasteiger partial charge in [-0.3, -0.25) is 9.48 Å². The lowest BCUT2D eigenvalue weighted by Gasteiger charge is -2.15. The van der Waals surface area contributed by atoms with Crippen LogP contribution in [0.2, 0.25) is 0 Å². The molecule has 1 aliphatic heterocycles. The highest BCUT2D eigenvalue weighted by molar-refractivity contribution is 5.76. The molecule has 0 spiro atoms. The fourth-order valence-corrected chi connectivity index (χ4v) is 2.53. The molecule has 5 nitrogen and oxygen atoms in total. The summed E-state index contributed by atoms with van der Waals surface area (Å²) >= 11 is 0. The number of likely N-dealkylation sites (tertiary alicyclic amines) is 1. The van der Waals surface area contributed by atoms with Crippen molar-refractivity contribution >= 4 is 11.6 Å². The van der Waals surface area contributed by atoms with Crippen LogP contribution < -0.4 is 5.73 Å². The number of aromatic nitrogens is 2. The van der Waals surface area contributed by atoms with E-state index in [1.807, 2.05) is 18.7 Å². The number of carbonyl (C=O) groups is 1. The van der Waals surface area contributed by atoms with Gasteiger partial charge in [0, 0.05) is 13.1 Å². The van der Waals surface area contributed by atoms with Crippen LogP contribution in [0.1, 0.15) is 38.1 Å². The topological polar surface area (TPSA) is 64.2 Å². The van der Waals surface area contributed by atoms with Crippen molar-refractivity contribution < 1.29 is 4.79 Å². The molecule has 18 heavy (non-hydrogen) atoms. The Hall–Kier alpha value is -1.52. The second-order valence-electron chi connectivity index (χ2n) is 4.76. The maximum Gasteiger partial charge on any atom is 0.244 e. The zero-order valence-corrected chi connectivity index (χ0v) is 11.3. The van der Waals surface area contributed by atoms with Gasteiger partial charge in [0.25, 0.3) is 0 Å². The van der Waals surface area contributed by atoms with Crippen molar-refractivity contribution in [2.75, 3.05) is 18.8 Å². The van der Waals surface area contributed by atoms with Crippen LogP contribution in [0.25, 0.3) is 0 Å². The second kappa shape index (κ2) is 5.42. The third-order valence-electron chi connectivity index (χ3n) is 3.59. The Morgan fingerprint density at radius 2 is 1.94 bits per heavy atom. The second-order valence-corrected chi connectivity index (χ2v) is 4.76. The number of aryl methyl sites for hydroxylation is 1. The number of nitrogens with two attached hydrogens (primary N) is 1. The van der Waals surface area contributed by atoms with Gasteiger partial charge in [0.15, 0.2) is 0 Å². The monoisotopic (exact) mass is 250 g/mol. The lowest BCUT2D eigenvalue weighted by atomic mass is 10.2. The number of nitrogen functional groups attached to an aromatic ring is 1. The van der Waals surface area contributed by atoms with Crippen LogP contribution in [0, 0.1) is 0 Å². The fraction of sp³-hybridized carbons (Fsp3) is 0.692. The maximum absolute atomic E-state index is 12.1. The van der Waals surface area contributed by atoms with Gasteiger partial charge in [-0.15, -0.1) is 0 Å². The van der Waals surface area contributed by atoms with Gasteiger partial charge >= 0.3 is 0 Å². The molecule has 1 aromatic heterocycles. The molecule has 1 fully saturated rings. The molecule has 1 aromatic rings. The Morgan fingerprint density at radius 1 is 1.28 bits per heavy atom. The molecule has 0 atom stereocenters. The van der Waals surface area contributed by atoms with E-state index in [2.05, 4.69) is 5.10 Å². The van der Waals surface area contributed by atoms with Gasteiger partial charge in [0.05, 0.1) is 17.1 Å². The predicted octanol–water partition coefficient (Wildman–Crippen LogP) is 1.21. The highest BCUT2D eigenvalue weighted by Gasteiger charge is 2.20. The smallest absolute Gasteiger partial charge is 0.244 e. The number of carbonyl (C=O) groups excluding carboxylic acids is 1. The minimum atomic E-state index is 0.160. The largest absolute Gasteiger partial charge is 0.396 e. The van der Waals surface area contributed by atoms with Gasteiger partial charge in [-0.25, -0.2) is 0 Å². The molecular formula is C13H22N4O. The first-order valence-corrected chi connectivity index (χ1v) is 6.79. The molecule has 100 valence electrons. The van der Waals surface area contributed by atoms with Crippen LogP contribution in [0.5, 0.6) is 0 Å². The summed E-state index contributed by atoms with van der Waals surface area (Å²) in [5, 5.41) is 4.45. The van der Waals surface area contributed by atoms with Crippen molar-refractivity contribution in [2.24, 2.45) is 0 Å². The van der Waals surface area contributed by atoms with E-state index in [1.165, 1.54) is 0 Å². The van der Waals surface area contributed by atoms with E-state index >= 15 is 0 Å². The summed E-state index contributed by atoms with van der Waals surface area (Å²) in [6, 6.07) is 0. The molecule has 1 amide bonds. The highest BCUT2D eigenvalue weighted by Crippen LogP contribution is 2.19. The van der Waals surface area contributed by atoms with Crippen molar-refractivity contribution in [3.8, 4) is 0 Å². The number of amides is 1. The molecule has 0 saturated carbocycles. The van der Waals surface area contributed by atoms with E-state index in [0.717, 1.165) is 55.8 Å². The van der Waals surface area contributed by atoms with Crippen molar-refractivity contribution in [3.05, 3.63) is 11.4 Å². The first kappa shape index (κ1) is 12.9. The molecule has 0 radical (unpaired) electrons. The van der Waals surface area contributed by atoms with Crippen LogP contribution in [-0.4, -0.2) is 33.7 Å². The van der Waals surface area contributed by atoms with Crippen molar-refractivity contribution in [2.45, 2.75) is 46.1 Å². The SMILES string of the molecule is CCc1nn(CC(=O)N2CCCC2)c(CC)c1N. The summed E-state index contributed by atoms with van der Waals surface area (Å²) in [5.74, 6) is 0.160. The van der Waals surface area contributed by atoms with Gasteiger partial charge in [0.2, 0.25) is 5.91 Å². The molecule has 0 aliphatic carbocycles. The number of rotatable bonds is 4. The van der Waals surface area contributed by atoms with E-state index in [-0.39, 0.29) is 5.91 Å². The summed E-state index contributed by atoms with van der Waals surface area (Å²) in [4.78, 5) is 14.0. The number of hydrogen-bond acceptors (Lipinski definition) is 3. The molecule has 1 saturated heterocycles. The summed E-state index contributed by atoms with van der Waals surface area (Å²) < 4.78 is 1.79. The highest BCUT2D eigenvalue weighted by atomic mass is 16.2. The van der Waals surface area contributed by atoms with E-state index in [4.69, 9.17) is 5.73 Å². The first-order valence-electron chi connectivity index (χ1n) is 6.79. The molecule has 2 heterocycles. The standard InChI is InChI=1S/C13H22N4O/c1-3-10-13(14)11(4-2)17(15-10)9-12(18)16-7-5-6-8-16/h3-9,14H2,1-2H3. The lowest BCUT2D eigenvalue weighted by molar-refractivity contribution is -0.131. The van der Waals surface area contributed by atoms with Crippen molar-refractivity contribution in [3.63, 3.8) is 0 Å². The fourth-order valence-electron chi connectivity index (χ4n) is 2.53. The van der Waals surface area contributed by atoms with Crippen LogP contribution >= 0.6 is 0 Å². The summed E-state index contributed by atoms with van der Waals surface area (Å²) in [6.45, 7) is 6.18. The molecule has 0 aromatic carbocycles. The predicted molar refractivity (Wildman–Crippen MR) is 71.2 cm³/mol. The Kier molecular flexibility index (Phi) is 3.89. The van der Waals surface area contributed by atoms with Gasteiger partial charge in [-0.05, 0) is 25.7 Å². The van der Waals surface area contributed by atoms with E-state index < -0.39 is 0 Å². The summed E-state index contributed by atoms with van der Waals surface area (Å²) in [5.41, 5.74) is 8.69. The van der Waals surface area contributed by atoms with Crippen molar-refractivity contribution in [1.29, 1.82) is 0 Å². The number of hydrogen-bond donors (Lipinski definition) is 1. The Labute approximate surface area is 108 Å². The quantitative estimate of drug-likeness (QED) is 0.873. The summed E-state index contributed by atoms with van der Waals surface area (Å²) in [7, 11) is 0. The van der Waals surface area contributed by atoms with Crippen LogP contribution in [-0.2, 0) is 24.2 Å². The Balaban J connectivity index is 2.15. The average molecular weight is 250 g/mol. The van der Waals surface area contributed by atoms with Crippen LogP contribution in [0.15, 0.2) is 0 Å². The van der Waals surface area contributed by atoms with Gasteiger partial charge in [0.1, 0.15) is 6.54 Å². The van der Waals surface area contributed by atoms with E-state index in [1.54, 1.807) is 4.68 Å². The van der Waals surface area contributed by atoms with Crippen LogP contribution in [0.4, 0.5) is 5.69 Å². The minimum Gasteiger partial charge on any atom is -0.396 e. The minimum absolute atomic E-state index is 0.160. The molecule has 2 N–H and O–H groups in total. The van der Waals surface area contributed by atoms with Crippen molar-refractivity contribution in [1.82, 2.24) is 14.7 Å².